The molecule has 3 heterocycles. The lowest BCUT2D eigenvalue weighted by Gasteiger charge is -2.41. The number of nitrogens with one attached hydrogen (secondary N) is 1. The third-order valence-corrected chi connectivity index (χ3v) is 7.11. The first-order valence-corrected chi connectivity index (χ1v) is 10.9. The van der Waals surface area contributed by atoms with Crippen molar-refractivity contribution in [1.29, 1.82) is 0 Å². The average Bonchev–Trinajstić information content (AvgIpc) is 3.03. The number of ether oxygens (including phenoxy) is 2. The normalized spacial score (nSPS) is 26.0. The van der Waals surface area contributed by atoms with Gasteiger partial charge in [0.15, 0.2) is 0 Å². The molecule has 0 aromatic heterocycles. The molecule has 6 nitrogen and oxygen atoms in total. The molecule has 4 aliphatic rings. The molecule has 0 radical (unpaired) electrons. The number of hydrogen-bond acceptors (Lipinski definition) is 5. The Morgan fingerprint density at radius 2 is 1.71 bits per heavy atom. The standard InChI is InChI=1S/C22H31N3O3/c26-21-23-16-22(28-21)10-14-25(15-11-22)18-4-6-19(7-5-18)27-20-8-12-24(13-9-20)17-2-1-3-17/h4-7,17,20H,1-3,8-16H2,(H,23,26). The maximum atomic E-state index is 11.4. The number of nitrogens with zero attached hydrogens (tertiary/aromatic N) is 2. The van der Waals surface area contributed by atoms with Gasteiger partial charge >= 0.3 is 6.09 Å². The van der Waals surface area contributed by atoms with Gasteiger partial charge in [0.2, 0.25) is 0 Å². The first kappa shape index (κ1) is 18.1. The summed E-state index contributed by atoms with van der Waals surface area (Å²) in [5, 5.41) is 2.80. The zero-order valence-electron chi connectivity index (χ0n) is 16.6. The Bertz CT molecular complexity index is 687. The molecule has 152 valence electrons. The second-order valence-electron chi connectivity index (χ2n) is 8.84. The summed E-state index contributed by atoms with van der Waals surface area (Å²) >= 11 is 0. The first-order chi connectivity index (χ1) is 13.7. The molecule has 1 spiro atoms. The molecule has 1 N–H and O–H groups in total. The smallest absolute Gasteiger partial charge is 0.407 e. The number of piperidine rings is 2. The van der Waals surface area contributed by atoms with E-state index in [1.807, 2.05) is 0 Å². The summed E-state index contributed by atoms with van der Waals surface area (Å²) < 4.78 is 11.8. The Morgan fingerprint density at radius 3 is 2.29 bits per heavy atom. The van der Waals surface area contributed by atoms with Crippen LogP contribution < -0.4 is 15.0 Å². The van der Waals surface area contributed by atoms with E-state index in [2.05, 4.69) is 39.4 Å². The van der Waals surface area contributed by atoms with Gasteiger partial charge in [0.25, 0.3) is 0 Å². The van der Waals surface area contributed by atoms with E-state index >= 15 is 0 Å². The minimum atomic E-state index is -0.287. The van der Waals surface area contributed by atoms with E-state index in [-0.39, 0.29) is 11.7 Å². The van der Waals surface area contributed by atoms with Gasteiger partial charge in [-0.05, 0) is 49.9 Å². The van der Waals surface area contributed by atoms with Crippen LogP contribution in [0.4, 0.5) is 10.5 Å². The lowest BCUT2D eigenvalue weighted by molar-refractivity contribution is 0.0366. The van der Waals surface area contributed by atoms with Crippen LogP contribution in [-0.4, -0.2) is 61.5 Å². The third kappa shape index (κ3) is 3.66. The molecule has 0 bridgehead atoms. The fourth-order valence-electron chi connectivity index (χ4n) is 4.99. The fraction of sp³-hybridized carbons (Fsp3) is 0.682. The van der Waals surface area contributed by atoms with Crippen molar-refractivity contribution in [3.8, 4) is 5.75 Å². The van der Waals surface area contributed by atoms with E-state index in [0.717, 1.165) is 50.6 Å². The van der Waals surface area contributed by atoms with Crippen LogP contribution in [-0.2, 0) is 4.74 Å². The predicted octanol–water partition coefficient (Wildman–Crippen LogP) is 3.16. The van der Waals surface area contributed by atoms with Crippen LogP contribution in [0.25, 0.3) is 0 Å². The molecule has 1 aliphatic carbocycles. The molecule has 4 fully saturated rings. The van der Waals surface area contributed by atoms with Gasteiger partial charge in [0, 0.05) is 50.7 Å². The number of hydrogen-bond donors (Lipinski definition) is 1. The molecule has 5 rings (SSSR count). The molecule has 1 aromatic carbocycles. The van der Waals surface area contributed by atoms with E-state index in [1.54, 1.807) is 0 Å². The summed E-state index contributed by atoms with van der Waals surface area (Å²) in [6, 6.07) is 9.39. The van der Waals surface area contributed by atoms with Crippen LogP contribution in [0.1, 0.15) is 44.9 Å². The molecule has 28 heavy (non-hydrogen) atoms. The number of rotatable bonds is 4. The van der Waals surface area contributed by atoms with Crippen molar-refractivity contribution in [2.45, 2.75) is 62.7 Å². The van der Waals surface area contributed by atoms with Crippen LogP contribution in [0.3, 0.4) is 0 Å². The Kier molecular flexibility index (Phi) is 4.83. The minimum absolute atomic E-state index is 0.270. The van der Waals surface area contributed by atoms with Crippen molar-refractivity contribution in [2.75, 3.05) is 37.6 Å². The average molecular weight is 386 g/mol. The molecule has 1 aromatic rings. The topological polar surface area (TPSA) is 54.0 Å². The molecular weight excluding hydrogens is 354 g/mol. The number of anilines is 1. The van der Waals surface area contributed by atoms with Gasteiger partial charge in [-0.1, -0.05) is 6.42 Å². The summed E-state index contributed by atoms with van der Waals surface area (Å²) in [6.45, 7) is 4.83. The van der Waals surface area contributed by atoms with Gasteiger partial charge in [-0.25, -0.2) is 4.79 Å². The molecule has 1 amide bonds. The number of carbonyl (C=O) groups excluding carboxylic acids is 1. The molecule has 0 unspecified atom stereocenters. The SMILES string of the molecule is O=C1NCC2(CCN(c3ccc(OC4CCN(C5CCC5)CC4)cc3)CC2)O1. The van der Waals surface area contributed by atoms with Crippen LogP contribution in [0.15, 0.2) is 24.3 Å². The quantitative estimate of drug-likeness (QED) is 0.863. The number of amides is 1. The number of carbonyl (C=O) groups is 1. The first-order valence-electron chi connectivity index (χ1n) is 10.9. The summed E-state index contributed by atoms with van der Waals surface area (Å²) in [5.41, 5.74) is 0.935. The fourth-order valence-corrected chi connectivity index (χ4v) is 4.99. The zero-order chi connectivity index (χ0) is 19.0. The number of benzene rings is 1. The molecule has 0 atom stereocenters. The molecule has 1 saturated carbocycles. The summed E-state index contributed by atoms with van der Waals surface area (Å²) in [6.07, 6.45) is 8.31. The summed E-state index contributed by atoms with van der Waals surface area (Å²) in [7, 11) is 0. The van der Waals surface area contributed by atoms with Crippen LogP contribution in [0.2, 0.25) is 0 Å². The van der Waals surface area contributed by atoms with E-state index in [1.165, 1.54) is 38.0 Å². The molecular formula is C22H31N3O3. The van der Waals surface area contributed by atoms with E-state index in [9.17, 15) is 4.79 Å². The Hall–Kier alpha value is -1.95. The summed E-state index contributed by atoms with van der Waals surface area (Å²) in [4.78, 5) is 16.4. The van der Waals surface area contributed by atoms with Crippen molar-refractivity contribution in [1.82, 2.24) is 10.2 Å². The van der Waals surface area contributed by atoms with E-state index in [0.29, 0.717) is 12.6 Å². The van der Waals surface area contributed by atoms with E-state index < -0.39 is 0 Å². The largest absolute Gasteiger partial charge is 0.490 e. The van der Waals surface area contributed by atoms with Crippen LogP contribution in [0.5, 0.6) is 5.75 Å². The summed E-state index contributed by atoms with van der Waals surface area (Å²) in [5.74, 6) is 0.980. The predicted molar refractivity (Wildman–Crippen MR) is 108 cm³/mol. The second-order valence-corrected chi connectivity index (χ2v) is 8.84. The van der Waals surface area contributed by atoms with Crippen molar-refractivity contribution in [3.63, 3.8) is 0 Å². The van der Waals surface area contributed by atoms with Crippen molar-refractivity contribution < 1.29 is 14.3 Å². The van der Waals surface area contributed by atoms with E-state index in [4.69, 9.17) is 9.47 Å². The highest BCUT2D eigenvalue weighted by atomic mass is 16.6. The lowest BCUT2D eigenvalue weighted by Crippen LogP contribution is -2.47. The Morgan fingerprint density at radius 1 is 1.00 bits per heavy atom. The van der Waals surface area contributed by atoms with Gasteiger partial charge in [-0.15, -0.1) is 0 Å². The molecule has 3 aliphatic heterocycles. The second kappa shape index (κ2) is 7.47. The zero-order valence-corrected chi connectivity index (χ0v) is 16.6. The van der Waals surface area contributed by atoms with Gasteiger partial charge in [0.05, 0.1) is 6.54 Å². The van der Waals surface area contributed by atoms with Gasteiger partial charge in [0.1, 0.15) is 17.5 Å². The van der Waals surface area contributed by atoms with Crippen molar-refractivity contribution in [2.24, 2.45) is 0 Å². The van der Waals surface area contributed by atoms with Gasteiger partial charge in [-0.3, -0.25) is 0 Å². The van der Waals surface area contributed by atoms with Crippen LogP contribution >= 0.6 is 0 Å². The third-order valence-electron chi connectivity index (χ3n) is 7.11. The maximum Gasteiger partial charge on any atom is 0.407 e. The highest BCUT2D eigenvalue weighted by Gasteiger charge is 2.42. The Balaban J connectivity index is 1.11. The number of likely N-dealkylation sites (tertiary alicyclic amines) is 1. The monoisotopic (exact) mass is 385 g/mol. The maximum absolute atomic E-state index is 11.4. The van der Waals surface area contributed by atoms with Crippen molar-refractivity contribution >= 4 is 11.8 Å². The number of alkyl carbamates (subject to hydrolysis) is 1. The lowest BCUT2D eigenvalue weighted by atomic mass is 9.90. The van der Waals surface area contributed by atoms with Gasteiger partial charge in [-0.2, -0.15) is 0 Å². The minimum Gasteiger partial charge on any atom is -0.490 e. The highest BCUT2D eigenvalue weighted by Crippen LogP contribution is 2.33. The molecule has 3 saturated heterocycles. The van der Waals surface area contributed by atoms with Gasteiger partial charge < -0.3 is 24.6 Å². The van der Waals surface area contributed by atoms with Crippen LogP contribution in [0, 0.1) is 0 Å². The highest BCUT2D eigenvalue weighted by molar-refractivity contribution is 5.70. The molecule has 6 heteroatoms. The Labute approximate surface area is 167 Å². The van der Waals surface area contributed by atoms with Crippen molar-refractivity contribution in [3.05, 3.63) is 24.3 Å².